The Morgan fingerprint density at radius 3 is 1.02 bits per heavy atom. The first-order valence-electron chi connectivity index (χ1n) is 19.1. The van der Waals surface area contributed by atoms with Crippen LogP contribution in [0, 0.1) is 0 Å². The van der Waals surface area contributed by atoms with E-state index in [-0.39, 0.29) is 25.2 Å². The zero-order valence-electron chi connectivity index (χ0n) is 29.0. The Balaban J connectivity index is 3.50. The highest BCUT2D eigenvalue weighted by Gasteiger charge is 2.16. The minimum atomic E-state index is -0.760. The van der Waals surface area contributed by atoms with Crippen LogP contribution in [0.15, 0.2) is 0 Å². The van der Waals surface area contributed by atoms with Gasteiger partial charge in [0.25, 0.3) is 0 Å². The van der Waals surface area contributed by atoms with Crippen LogP contribution in [-0.4, -0.2) is 36.4 Å². The molecule has 0 spiro atoms. The lowest BCUT2D eigenvalue weighted by Gasteiger charge is -2.15. The Morgan fingerprint density at radius 2 is 0.721 bits per heavy atom. The van der Waals surface area contributed by atoms with Crippen LogP contribution in [0.25, 0.3) is 0 Å². The Bertz CT molecular complexity index is 579. The molecule has 0 bridgehead atoms. The summed E-state index contributed by atoms with van der Waals surface area (Å²) in [6.07, 6.45) is 37.3. The maximum absolute atomic E-state index is 12.1. The van der Waals surface area contributed by atoms with E-state index in [4.69, 9.17) is 9.47 Å². The minimum Gasteiger partial charge on any atom is -0.462 e. The lowest BCUT2D eigenvalue weighted by molar-refractivity contribution is -0.161. The average Bonchev–Trinajstić information content (AvgIpc) is 3.01. The lowest BCUT2D eigenvalue weighted by Crippen LogP contribution is -2.28. The molecule has 0 saturated carbocycles. The quantitative estimate of drug-likeness (QED) is 0.0571. The van der Waals surface area contributed by atoms with Gasteiger partial charge in [-0.15, -0.1) is 0 Å². The number of ether oxygens (including phenoxy) is 2. The van der Waals surface area contributed by atoms with Gasteiger partial charge in [-0.3, -0.25) is 9.59 Å². The molecule has 0 aromatic carbocycles. The number of unbranched alkanes of at least 4 members (excludes halogenated alkanes) is 27. The topological polar surface area (TPSA) is 72.8 Å². The maximum Gasteiger partial charge on any atom is 0.306 e. The van der Waals surface area contributed by atoms with Gasteiger partial charge in [0.1, 0.15) is 6.61 Å². The highest BCUT2D eigenvalue weighted by atomic mass is 16.6. The molecule has 0 aromatic heterocycles. The maximum atomic E-state index is 12.1. The standard InChI is InChI=1S/C38H74O5/c1-3-5-7-9-11-13-15-17-19-21-23-25-27-29-31-33-38(41)43-36(34-39)35-42-37(40)32-30-28-26-24-22-20-18-16-14-12-10-8-6-4-2/h36,39H,3-35H2,1-2H3. The van der Waals surface area contributed by atoms with Crippen molar-refractivity contribution in [2.45, 2.75) is 219 Å². The van der Waals surface area contributed by atoms with Crippen molar-refractivity contribution in [2.75, 3.05) is 13.2 Å². The summed E-state index contributed by atoms with van der Waals surface area (Å²) in [5, 5.41) is 9.53. The van der Waals surface area contributed by atoms with Crippen molar-refractivity contribution in [1.29, 1.82) is 0 Å². The molecule has 0 aliphatic rings. The van der Waals surface area contributed by atoms with Gasteiger partial charge in [0.15, 0.2) is 6.10 Å². The van der Waals surface area contributed by atoms with E-state index in [1.54, 1.807) is 0 Å². The SMILES string of the molecule is CCCCCCCCCCCCCCCCCC(=O)OC(CO)COC(=O)CCCCCCCCCCCCCCCC. The molecule has 1 atom stereocenters. The highest BCUT2D eigenvalue weighted by Crippen LogP contribution is 2.15. The molecule has 0 aliphatic heterocycles. The number of carbonyl (C=O) groups excluding carboxylic acids is 2. The summed E-state index contributed by atoms with van der Waals surface area (Å²) >= 11 is 0. The first-order chi connectivity index (χ1) is 21.1. The molecule has 0 aliphatic carbocycles. The van der Waals surface area contributed by atoms with Crippen LogP contribution in [0.3, 0.4) is 0 Å². The second-order valence-corrected chi connectivity index (χ2v) is 13.0. The van der Waals surface area contributed by atoms with E-state index >= 15 is 0 Å². The van der Waals surface area contributed by atoms with Crippen molar-refractivity contribution in [3.63, 3.8) is 0 Å². The molecule has 43 heavy (non-hydrogen) atoms. The summed E-state index contributed by atoms with van der Waals surface area (Å²) in [6, 6.07) is 0. The zero-order chi connectivity index (χ0) is 31.5. The molecule has 0 radical (unpaired) electrons. The fourth-order valence-corrected chi connectivity index (χ4v) is 5.73. The largest absolute Gasteiger partial charge is 0.462 e. The van der Waals surface area contributed by atoms with Gasteiger partial charge in [-0.1, -0.05) is 187 Å². The molecule has 256 valence electrons. The summed E-state index contributed by atoms with van der Waals surface area (Å²) < 4.78 is 10.6. The van der Waals surface area contributed by atoms with Crippen LogP contribution in [0.1, 0.15) is 213 Å². The highest BCUT2D eigenvalue weighted by molar-refractivity contribution is 5.70. The van der Waals surface area contributed by atoms with Crippen LogP contribution in [0.5, 0.6) is 0 Å². The second kappa shape index (κ2) is 35.4. The summed E-state index contributed by atoms with van der Waals surface area (Å²) in [4.78, 5) is 24.2. The van der Waals surface area contributed by atoms with Gasteiger partial charge in [-0.25, -0.2) is 0 Å². The molecule has 0 amide bonds. The molecule has 5 heteroatoms. The third kappa shape index (κ3) is 33.6. The van der Waals surface area contributed by atoms with E-state index in [0.29, 0.717) is 12.8 Å². The molecule has 0 saturated heterocycles. The molecule has 5 nitrogen and oxygen atoms in total. The summed E-state index contributed by atoms with van der Waals surface area (Å²) in [5.74, 6) is -0.576. The van der Waals surface area contributed by atoms with Gasteiger partial charge in [0, 0.05) is 12.8 Å². The minimum absolute atomic E-state index is 0.0570. The first kappa shape index (κ1) is 41.9. The van der Waals surface area contributed by atoms with E-state index in [1.807, 2.05) is 0 Å². The van der Waals surface area contributed by atoms with Crippen LogP contribution in [-0.2, 0) is 19.1 Å². The van der Waals surface area contributed by atoms with Gasteiger partial charge >= 0.3 is 11.9 Å². The van der Waals surface area contributed by atoms with E-state index in [0.717, 1.165) is 32.1 Å². The number of carbonyl (C=O) groups is 2. The number of hydrogen-bond acceptors (Lipinski definition) is 5. The Kier molecular flexibility index (Phi) is 34.5. The average molecular weight is 611 g/mol. The predicted molar refractivity (Wildman–Crippen MR) is 182 cm³/mol. The molecule has 0 fully saturated rings. The smallest absolute Gasteiger partial charge is 0.306 e. The van der Waals surface area contributed by atoms with Crippen LogP contribution < -0.4 is 0 Å². The second-order valence-electron chi connectivity index (χ2n) is 13.0. The van der Waals surface area contributed by atoms with Crippen molar-refractivity contribution < 1.29 is 24.2 Å². The molecular formula is C38H74O5. The predicted octanol–water partition coefficient (Wildman–Crippen LogP) is 11.6. The summed E-state index contributed by atoms with van der Waals surface area (Å²) in [7, 11) is 0. The van der Waals surface area contributed by atoms with Gasteiger partial charge in [0.05, 0.1) is 6.61 Å². The Morgan fingerprint density at radius 1 is 0.442 bits per heavy atom. The van der Waals surface area contributed by atoms with Crippen molar-refractivity contribution in [1.82, 2.24) is 0 Å². The van der Waals surface area contributed by atoms with E-state index < -0.39 is 6.10 Å². The fraction of sp³-hybridized carbons (Fsp3) is 0.947. The van der Waals surface area contributed by atoms with Gasteiger partial charge < -0.3 is 14.6 Å². The number of rotatable bonds is 35. The molecule has 0 aromatic rings. The van der Waals surface area contributed by atoms with E-state index in [9.17, 15) is 14.7 Å². The number of esters is 2. The molecule has 1 N–H and O–H groups in total. The van der Waals surface area contributed by atoms with Crippen molar-refractivity contribution in [3.05, 3.63) is 0 Å². The first-order valence-corrected chi connectivity index (χ1v) is 19.1. The van der Waals surface area contributed by atoms with Crippen molar-refractivity contribution >= 4 is 11.9 Å². The van der Waals surface area contributed by atoms with Crippen LogP contribution >= 0.6 is 0 Å². The fourth-order valence-electron chi connectivity index (χ4n) is 5.73. The summed E-state index contributed by atoms with van der Waals surface area (Å²) in [6.45, 7) is 4.16. The van der Waals surface area contributed by atoms with Crippen LogP contribution in [0.4, 0.5) is 0 Å². The molecular weight excluding hydrogens is 536 g/mol. The third-order valence-corrected chi connectivity index (χ3v) is 8.65. The monoisotopic (exact) mass is 611 g/mol. The van der Waals surface area contributed by atoms with Gasteiger partial charge in [0.2, 0.25) is 0 Å². The number of hydrogen-bond donors (Lipinski definition) is 1. The van der Waals surface area contributed by atoms with Crippen molar-refractivity contribution in [2.24, 2.45) is 0 Å². The molecule has 1 unspecified atom stereocenters. The van der Waals surface area contributed by atoms with Crippen molar-refractivity contribution in [3.8, 4) is 0 Å². The third-order valence-electron chi connectivity index (χ3n) is 8.65. The summed E-state index contributed by atoms with van der Waals surface area (Å²) in [5.41, 5.74) is 0. The number of aliphatic hydroxyl groups excluding tert-OH is 1. The lowest BCUT2D eigenvalue weighted by atomic mass is 10.0. The zero-order valence-corrected chi connectivity index (χ0v) is 29.0. The normalized spacial score (nSPS) is 12.0. The number of aliphatic hydroxyl groups is 1. The van der Waals surface area contributed by atoms with Gasteiger partial charge in [-0.2, -0.15) is 0 Å². The Labute approximate surface area is 268 Å². The van der Waals surface area contributed by atoms with Gasteiger partial charge in [-0.05, 0) is 12.8 Å². The molecule has 0 heterocycles. The Hall–Kier alpha value is -1.10. The molecule has 0 rings (SSSR count). The van der Waals surface area contributed by atoms with Crippen LogP contribution in [0.2, 0.25) is 0 Å². The van der Waals surface area contributed by atoms with E-state index in [2.05, 4.69) is 13.8 Å². The van der Waals surface area contributed by atoms with E-state index in [1.165, 1.54) is 154 Å².